The summed E-state index contributed by atoms with van der Waals surface area (Å²) in [4.78, 5) is 24.0. The van der Waals surface area contributed by atoms with E-state index in [4.69, 9.17) is 36.0 Å². The Morgan fingerprint density at radius 2 is 1.73 bits per heavy atom. The average Bonchev–Trinajstić information content (AvgIpc) is 3.93. The zero-order chi connectivity index (χ0) is 46.2. The van der Waals surface area contributed by atoms with E-state index in [1.165, 1.54) is 7.11 Å². The Kier molecular flexibility index (Phi) is 13.5. The maximum Gasteiger partial charge on any atom is 0.354 e. The first-order chi connectivity index (χ1) is 31.9. The summed E-state index contributed by atoms with van der Waals surface area (Å²) in [5, 5.41) is 12.5. The molecule has 346 valence electrons. The summed E-state index contributed by atoms with van der Waals surface area (Å²) >= 11 is 7.95. The number of carbonyl (C=O) groups is 1. The molecule has 1 unspecified atom stereocenters. The molecule has 0 amide bonds. The molecule has 66 heavy (non-hydrogen) atoms. The first kappa shape index (κ1) is 45.7. The molecule has 1 atom stereocenters. The zero-order valence-corrected chi connectivity index (χ0v) is 40.8. The topological polar surface area (TPSA) is 128 Å². The van der Waals surface area contributed by atoms with Gasteiger partial charge in [-0.05, 0) is 80.1 Å². The van der Waals surface area contributed by atoms with Gasteiger partial charge in [-0.15, -0.1) is 11.8 Å². The molecule has 1 fully saturated rings. The van der Waals surface area contributed by atoms with Gasteiger partial charge in [-0.25, -0.2) is 17.6 Å². The van der Waals surface area contributed by atoms with Crippen LogP contribution in [0.5, 0.6) is 11.5 Å². The van der Waals surface area contributed by atoms with E-state index in [1.54, 1.807) is 22.3 Å². The number of hydrogen-bond donors (Lipinski definition) is 0. The number of pyridine rings is 1. The number of hydrogen-bond acceptors (Lipinski definition) is 11. The second-order valence-electron chi connectivity index (χ2n) is 17.0. The van der Waals surface area contributed by atoms with E-state index >= 15 is 0 Å². The lowest BCUT2D eigenvalue weighted by atomic mass is 9.97. The van der Waals surface area contributed by atoms with E-state index in [2.05, 4.69) is 58.2 Å². The van der Waals surface area contributed by atoms with Gasteiger partial charge in [0.15, 0.2) is 11.2 Å². The summed E-state index contributed by atoms with van der Waals surface area (Å²) in [6.07, 6.45) is 2.96. The maximum atomic E-state index is 13.8. The Morgan fingerprint density at radius 1 is 0.939 bits per heavy atom. The number of methoxy groups -OCH3 is 1. The molecule has 2 aliphatic heterocycles. The van der Waals surface area contributed by atoms with Gasteiger partial charge in [0, 0.05) is 125 Å². The molecule has 6 heterocycles. The van der Waals surface area contributed by atoms with Crippen LogP contribution < -0.4 is 14.4 Å². The molecule has 9 rings (SSSR count). The van der Waals surface area contributed by atoms with Crippen LogP contribution in [0.25, 0.3) is 32.9 Å². The SMILES string of the molecule is COC(=O)c1c2c3ccc(Cl)c(c3n1C)-c1c(COc3ccc(N4CCN(S(=O)N(C)C)CC4)cc3)nn(C)c1CN(C)Cc1cc(n(C)n1)CSc1cc(c3ncccc3c1)OCCC2. The second kappa shape index (κ2) is 19.4. The van der Waals surface area contributed by atoms with Crippen molar-refractivity contribution in [1.82, 2.24) is 42.6 Å². The van der Waals surface area contributed by atoms with Crippen LogP contribution in [0, 0.1) is 0 Å². The van der Waals surface area contributed by atoms with E-state index in [-0.39, 0.29) is 6.61 Å². The monoisotopic (exact) mass is 950 g/mol. The van der Waals surface area contributed by atoms with Gasteiger partial charge in [0.05, 0.1) is 35.6 Å². The summed E-state index contributed by atoms with van der Waals surface area (Å²) in [7, 11) is 13.0. The lowest BCUT2D eigenvalue weighted by Gasteiger charge is -2.36. The quantitative estimate of drug-likeness (QED) is 0.149. The number of aryl methyl sites for hydroxylation is 4. The summed E-state index contributed by atoms with van der Waals surface area (Å²) in [5.41, 5.74) is 9.32. The van der Waals surface area contributed by atoms with Gasteiger partial charge in [0.25, 0.3) is 0 Å². The highest BCUT2D eigenvalue weighted by Crippen LogP contribution is 2.43. The number of piperazine rings is 1. The van der Waals surface area contributed by atoms with Crippen LogP contribution in [-0.2, 0) is 68.9 Å². The lowest BCUT2D eigenvalue weighted by Crippen LogP contribution is -2.49. The highest BCUT2D eigenvalue weighted by molar-refractivity contribution is 7.98. The fraction of sp³-hybridized carbons (Fsp3) is 0.375. The third-order valence-electron chi connectivity index (χ3n) is 12.4. The van der Waals surface area contributed by atoms with Crippen molar-refractivity contribution in [3.63, 3.8) is 0 Å². The van der Waals surface area contributed by atoms with Gasteiger partial charge in [0.2, 0.25) is 0 Å². The van der Waals surface area contributed by atoms with E-state index in [0.29, 0.717) is 67.8 Å². The Labute approximate surface area is 396 Å². The molecule has 4 aromatic heterocycles. The zero-order valence-electron chi connectivity index (χ0n) is 38.4. The predicted molar refractivity (Wildman–Crippen MR) is 261 cm³/mol. The maximum absolute atomic E-state index is 13.8. The number of aromatic nitrogens is 6. The van der Waals surface area contributed by atoms with Crippen molar-refractivity contribution in [3.8, 4) is 22.6 Å². The molecule has 18 heteroatoms. The fourth-order valence-corrected chi connectivity index (χ4v) is 11.3. The minimum atomic E-state index is -1.14. The first-order valence-electron chi connectivity index (χ1n) is 22.0. The van der Waals surface area contributed by atoms with Crippen LogP contribution in [-0.4, -0.2) is 114 Å². The Balaban J connectivity index is 1.09. The number of rotatable bonds is 7. The molecule has 1 saturated heterocycles. The molecular weight excluding hydrogens is 896 g/mol. The van der Waals surface area contributed by atoms with Crippen molar-refractivity contribution >= 4 is 68.0 Å². The lowest BCUT2D eigenvalue weighted by molar-refractivity contribution is 0.0589. The highest BCUT2D eigenvalue weighted by Gasteiger charge is 2.30. The molecule has 0 spiro atoms. The number of halogens is 1. The van der Waals surface area contributed by atoms with Crippen molar-refractivity contribution in [2.75, 3.05) is 65.9 Å². The van der Waals surface area contributed by atoms with Crippen LogP contribution in [0.3, 0.4) is 0 Å². The number of benzene rings is 3. The molecule has 8 bridgehead atoms. The molecule has 0 N–H and O–H groups in total. The first-order valence-corrected chi connectivity index (χ1v) is 24.4. The molecule has 0 saturated carbocycles. The normalized spacial score (nSPS) is 16.0. The number of thioether (sulfide) groups is 1. The Morgan fingerprint density at radius 3 is 2.48 bits per heavy atom. The van der Waals surface area contributed by atoms with Gasteiger partial charge >= 0.3 is 5.97 Å². The van der Waals surface area contributed by atoms with Gasteiger partial charge < -0.3 is 23.7 Å². The van der Waals surface area contributed by atoms with E-state index in [9.17, 15) is 9.00 Å². The minimum absolute atomic E-state index is 0.165. The van der Waals surface area contributed by atoms with Crippen molar-refractivity contribution in [1.29, 1.82) is 0 Å². The number of anilines is 1. The number of carbonyl (C=O) groups excluding carboxylic acids is 1. The smallest absolute Gasteiger partial charge is 0.354 e. The number of esters is 1. The van der Waals surface area contributed by atoms with Crippen LogP contribution in [0.4, 0.5) is 5.69 Å². The van der Waals surface area contributed by atoms with E-state index in [1.807, 2.05) is 83.8 Å². The number of fused-ring (bicyclic) bond motifs is 8. The van der Waals surface area contributed by atoms with Crippen molar-refractivity contribution < 1.29 is 23.2 Å². The largest absolute Gasteiger partial charge is 0.491 e. The van der Waals surface area contributed by atoms with Gasteiger partial charge in [-0.1, -0.05) is 23.7 Å². The van der Waals surface area contributed by atoms with Crippen LogP contribution in [0.1, 0.15) is 45.2 Å². The molecule has 3 aromatic carbocycles. The fourth-order valence-electron chi connectivity index (χ4n) is 9.16. The summed E-state index contributed by atoms with van der Waals surface area (Å²) in [6.45, 7) is 4.64. The highest BCUT2D eigenvalue weighted by atomic mass is 35.5. The Hall–Kier alpha value is -5.43. The van der Waals surface area contributed by atoms with Crippen molar-refractivity contribution in [2.24, 2.45) is 21.1 Å². The number of nitrogens with zero attached hydrogens (tertiary/aromatic N) is 10. The molecular formula is C48H55ClN10O5S2. The summed E-state index contributed by atoms with van der Waals surface area (Å²) < 4.78 is 40.6. The van der Waals surface area contributed by atoms with Crippen molar-refractivity contribution in [2.45, 2.75) is 43.2 Å². The molecule has 15 nitrogen and oxygen atoms in total. The third kappa shape index (κ3) is 9.16. The molecule has 0 radical (unpaired) electrons. The average molecular weight is 952 g/mol. The predicted octanol–water partition coefficient (Wildman–Crippen LogP) is 7.39. The standard InChI is InChI=1S/C48H55ClN10O5S2/c1-53(2)66(61)59-21-19-58(20-22-59)33-12-14-35(15-13-33)64-29-40-44-41(57(6)52-40)28-54(3)27-32-25-34(56(5)51-32)30-65-36-24-31-10-8-18-50-45(31)42(26-36)63-23-9-11-37-38-16-17-39(49)43(44)46(38)55(4)47(37)48(60)62-7/h8,10,12-18,24-26H,9,11,19-23,27-30H2,1-7H3. The van der Waals surface area contributed by atoms with Crippen LogP contribution >= 0.6 is 23.4 Å². The van der Waals surface area contributed by atoms with Gasteiger partial charge in [0.1, 0.15) is 35.0 Å². The molecule has 0 aliphatic carbocycles. The van der Waals surface area contributed by atoms with Gasteiger partial charge in [-0.3, -0.25) is 19.2 Å². The summed E-state index contributed by atoms with van der Waals surface area (Å²) in [5.74, 6) is 1.71. The number of ether oxygens (including phenoxy) is 3. The van der Waals surface area contributed by atoms with Crippen molar-refractivity contribution in [3.05, 3.63) is 112 Å². The second-order valence-corrected chi connectivity index (χ2v) is 20.2. The van der Waals surface area contributed by atoms with E-state index in [0.717, 1.165) is 90.8 Å². The molecule has 2 aliphatic rings. The Bertz CT molecular complexity index is 2940. The van der Waals surface area contributed by atoms with Crippen LogP contribution in [0.2, 0.25) is 5.02 Å². The third-order valence-corrected chi connectivity index (χ3v) is 15.1. The summed E-state index contributed by atoms with van der Waals surface area (Å²) in [6, 6.07) is 22.4. The van der Waals surface area contributed by atoms with E-state index < -0.39 is 17.1 Å². The van der Waals surface area contributed by atoms with Gasteiger partial charge in [-0.2, -0.15) is 10.2 Å². The van der Waals surface area contributed by atoms with Crippen LogP contribution in [0.15, 0.2) is 77.8 Å². The minimum Gasteiger partial charge on any atom is -0.491 e. The molecule has 7 aromatic rings.